The zero-order chi connectivity index (χ0) is 37.3. The Hall–Kier alpha value is -0.690. The molecule has 0 bridgehead atoms. The summed E-state index contributed by atoms with van der Waals surface area (Å²) in [5, 5.41) is 9.80. The molecule has 0 amide bonds. The van der Waals surface area contributed by atoms with E-state index < -0.39 is 0 Å². The first kappa shape index (κ1) is 50.3. The molecular formula is C45H91NO5. The number of aliphatic hydroxyl groups is 1. The Balaban J connectivity index is 4.47. The van der Waals surface area contributed by atoms with Crippen LogP contribution in [0.5, 0.6) is 0 Å². The molecule has 306 valence electrons. The zero-order valence-corrected chi connectivity index (χ0v) is 35.1. The van der Waals surface area contributed by atoms with Crippen LogP contribution in [0.25, 0.3) is 0 Å². The molecule has 2 atom stereocenters. The minimum Gasteiger partial charge on any atom is -0.465 e. The van der Waals surface area contributed by atoms with Gasteiger partial charge in [0.1, 0.15) is 0 Å². The highest BCUT2D eigenvalue weighted by atomic mass is 16.5. The van der Waals surface area contributed by atoms with Crippen LogP contribution < -0.4 is 0 Å². The molecule has 0 saturated carbocycles. The van der Waals surface area contributed by atoms with E-state index in [-0.39, 0.29) is 18.7 Å². The highest BCUT2D eigenvalue weighted by molar-refractivity contribution is 5.69. The number of rotatable bonds is 43. The van der Waals surface area contributed by atoms with Gasteiger partial charge < -0.3 is 19.3 Å². The summed E-state index contributed by atoms with van der Waals surface area (Å²) in [7, 11) is 0. The van der Waals surface area contributed by atoms with Crippen molar-refractivity contribution in [3.8, 4) is 0 Å². The Morgan fingerprint density at radius 3 is 1.57 bits per heavy atom. The van der Waals surface area contributed by atoms with Crippen LogP contribution in [0, 0.1) is 5.92 Å². The lowest BCUT2D eigenvalue weighted by atomic mass is 9.95. The van der Waals surface area contributed by atoms with Gasteiger partial charge in [-0.25, -0.2) is 0 Å². The lowest BCUT2D eigenvalue weighted by molar-refractivity contribution is -0.145. The number of unbranched alkanes of at least 4 members (excludes halogenated alkanes) is 22. The van der Waals surface area contributed by atoms with Gasteiger partial charge in [0.2, 0.25) is 0 Å². The Morgan fingerprint density at radius 2 is 1.00 bits per heavy atom. The number of nitrogens with zero attached hydrogens (tertiary/aromatic N) is 1. The fraction of sp³-hybridized carbons (Fsp3) is 0.978. The third-order valence-electron chi connectivity index (χ3n) is 10.4. The molecule has 0 heterocycles. The van der Waals surface area contributed by atoms with Crippen molar-refractivity contribution in [3.63, 3.8) is 0 Å². The molecule has 0 aliphatic carbocycles. The van der Waals surface area contributed by atoms with Gasteiger partial charge in [0, 0.05) is 32.7 Å². The number of esters is 1. The maximum absolute atomic E-state index is 12.6. The number of carbonyl (C=O) groups excluding carboxylic acids is 1. The third-order valence-corrected chi connectivity index (χ3v) is 10.4. The van der Waals surface area contributed by atoms with Gasteiger partial charge in [0.05, 0.1) is 25.9 Å². The van der Waals surface area contributed by atoms with Crippen LogP contribution in [-0.2, 0) is 19.0 Å². The first-order valence-corrected chi connectivity index (χ1v) is 22.8. The molecule has 0 radical (unpaired) electrons. The van der Waals surface area contributed by atoms with E-state index in [4.69, 9.17) is 14.2 Å². The fourth-order valence-electron chi connectivity index (χ4n) is 7.01. The highest BCUT2D eigenvalue weighted by Gasteiger charge is 2.16. The molecule has 0 aliphatic heterocycles. The normalized spacial score (nSPS) is 12.9. The van der Waals surface area contributed by atoms with Gasteiger partial charge in [-0.1, -0.05) is 175 Å². The third kappa shape index (κ3) is 37.4. The SMILES string of the molecule is CCCCCCCCCCCCOCC(CN(CCO)CCCCCC(=O)OCC(CCCCCC)CCCCCCCC)OCCCCCC. The predicted molar refractivity (Wildman–Crippen MR) is 220 cm³/mol. The molecule has 0 aromatic carbocycles. The minimum absolute atomic E-state index is 0.0280. The first-order valence-electron chi connectivity index (χ1n) is 22.8. The lowest BCUT2D eigenvalue weighted by Gasteiger charge is -2.27. The first-order chi connectivity index (χ1) is 25.1. The molecular weight excluding hydrogens is 634 g/mol. The summed E-state index contributed by atoms with van der Waals surface area (Å²) in [6.07, 6.45) is 36.9. The average molecular weight is 726 g/mol. The van der Waals surface area contributed by atoms with Gasteiger partial charge in [0.15, 0.2) is 0 Å². The van der Waals surface area contributed by atoms with Crippen molar-refractivity contribution in [1.82, 2.24) is 4.90 Å². The van der Waals surface area contributed by atoms with Crippen molar-refractivity contribution in [1.29, 1.82) is 0 Å². The second-order valence-corrected chi connectivity index (χ2v) is 15.6. The molecule has 1 N–H and O–H groups in total. The fourth-order valence-corrected chi connectivity index (χ4v) is 7.01. The predicted octanol–water partition coefficient (Wildman–Crippen LogP) is 12.6. The van der Waals surface area contributed by atoms with Crippen LogP contribution in [0.2, 0.25) is 0 Å². The van der Waals surface area contributed by atoms with E-state index in [1.165, 1.54) is 154 Å². The molecule has 51 heavy (non-hydrogen) atoms. The molecule has 0 fully saturated rings. The molecule has 6 heteroatoms. The van der Waals surface area contributed by atoms with Gasteiger partial charge in [-0.3, -0.25) is 9.69 Å². The summed E-state index contributed by atoms with van der Waals surface area (Å²) < 4.78 is 18.3. The van der Waals surface area contributed by atoms with E-state index in [0.29, 0.717) is 32.1 Å². The smallest absolute Gasteiger partial charge is 0.305 e. The van der Waals surface area contributed by atoms with Gasteiger partial charge in [0.25, 0.3) is 0 Å². The monoisotopic (exact) mass is 726 g/mol. The quantitative estimate of drug-likeness (QED) is 0.0498. The van der Waals surface area contributed by atoms with Crippen molar-refractivity contribution in [2.75, 3.05) is 52.7 Å². The van der Waals surface area contributed by atoms with Crippen LogP contribution in [0.15, 0.2) is 0 Å². The van der Waals surface area contributed by atoms with Gasteiger partial charge in [-0.2, -0.15) is 0 Å². The number of aliphatic hydroxyl groups excluding tert-OH is 1. The summed E-state index contributed by atoms with van der Waals surface area (Å²) >= 11 is 0. The maximum atomic E-state index is 12.6. The molecule has 0 aliphatic rings. The van der Waals surface area contributed by atoms with E-state index in [9.17, 15) is 9.90 Å². The van der Waals surface area contributed by atoms with Gasteiger partial charge in [-0.15, -0.1) is 0 Å². The van der Waals surface area contributed by atoms with Crippen LogP contribution >= 0.6 is 0 Å². The van der Waals surface area contributed by atoms with Crippen LogP contribution in [0.4, 0.5) is 0 Å². The van der Waals surface area contributed by atoms with E-state index in [0.717, 1.165) is 58.4 Å². The number of ether oxygens (including phenoxy) is 3. The standard InChI is InChI=1S/C45H91NO5/c1-5-9-13-17-19-20-21-22-24-30-38-49-42-44(50-39-31-16-12-8-4)40-46(36-37-47)35-29-25-28-34-45(48)51-41-43(32-26-15-11-7-3)33-27-23-18-14-10-6-2/h43-44,47H,5-42H2,1-4H3. The molecule has 0 saturated heterocycles. The summed E-state index contributed by atoms with van der Waals surface area (Å²) in [4.78, 5) is 15.0. The molecule has 0 aromatic heterocycles. The second kappa shape index (κ2) is 42.1. The molecule has 0 spiro atoms. The number of carbonyl (C=O) groups is 1. The molecule has 0 aromatic rings. The van der Waals surface area contributed by atoms with E-state index in [1.807, 2.05) is 0 Å². The second-order valence-electron chi connectivity index (χ2n) is 15.6. The van der Waals surface area contributed by atoms with Crippen molar-refractivity contribution >= 4 is 5.97 Å². The van der Waals surface area contributed by atoms with Crippen molar-refractivity contribution in [2.45, 2.75) is 226 Å². The van der Waals surface area contributed by atoms with Crippen LogP contribution in [0.3, 0.4) is 0 Å². The van der Waals surface area contributed by atoms with Crippen LogP contribution in [0.1, 0.15) is 220 Å². The molecule has 2 unspecified atom stereocenters. The van der Waals surface area contributed by atoms with Crippen molar-refractivity contribution in [2.24, 2.45) is 5.92 Å². The van der Waals surface area contributed by atoms with Crippen LogP contribution in [-0.4, -0.2) is 74.7 Å². The summed E-state index contributed by atoms with van der Waals surface area (Å²) in [6, 6.07) is 0. The van der Waals surface area contributed by atoms with Crippen molar-refractivity contribution < 1.29 is 24.1 Å². The Labute approximate surface area is 319 Å². The van der Waals surface area contributed by atoms with Gasteiger partial charge >= 0.3 is 5.97 Å². The molecule has 6 nitrogen and oxygen atoms in total. The Morgan fingerprint density at radius 1 is 0.529 bits per heavy atom. The van der Waals surface area contributed by atoms with Crippen molar-refractivity contribution in [3.05, 3.63) is 0 Å². The number of hydrogen-bond donors (Lipinski definition) is 1. The summed E-state index contributed by atoms with van der Waals surface area (Å²) in [5.41, 5.74) is 0. The largest absolute Gasteiger partial charge is 0.465 e. The minimum atomic E-state index is -0.0280. The highest BCUT2D eigenvalue weighted by Crippen LogP contribution is 2.20. The number of hydrogen-bond acceptors (Lipinski definition) is 6. The van der Waals surface area contributed by atoms with Gasteiger partial charge in [-0.05, 0) is 51.0 Å². The lowest BCUT2D eigenvalue weighted by Crippen LogP contribution is -2.39. The Bertz CT molecular complexity index is 677. The topological polar surface area (TPSA) is 68.2 Å². The summed E-state index contributed by atoms with van der Waals surface area (Å²) in [6.45, 7) is 14.3. The Kier molecular flexibility index (Phi) is 41.5. The van der Waals surface area contributed by atoms with E-state index >= 15 is 0 Å². The average Bonchev–Trinajstić information content (AvgIpc) is 3.13. The van der Waals surface area contributed by atoms with E-state index in [2.05, 4.69) is 32.6 Å². The van der Waals surface area contributed by atoms with E-state index in [1.54, 1.807) is 0 Å². The zero-order valence-electron chi connectivity index (χ0n) is 35.1. The molecule has 0 rings (SSSR count). The summed E-state index contributed by atoms with van der Waals surface area (Å²) in [5.74, 6) is 0.490. The maximum Gasteiger partial charge on any atom is 0.305 e.